The Morgan fingerprint density at radius 2 is 1.00 bits per heavy atom. The van der Waals surface area contributed by atoms with Gasteiger partial charge in [0.2, 0.25) is 0 Å². The molecule has 0 N–H and O–H groups in total. The Labute approximate surface area is 193 Å². The molecule has 21 heteroatoms. The van der Waals surface area contributed by atoms with Crippen molar-refractivity contribution in [3.63, 3.8) is 0 Å². The molecule has 0 spiro atoms. The summed E-state index contributed by atoms with van der Waals surface area (Å²) in [6, 6.07) is 0. The highest BCUT2D eigenvalue weighted by Crippen LogP contribution is 2.55. The number of halogens is 18. The van der Waals surface area contributed by atoms with Crippen LogP contribution in [0.3, 0.4) is 0 Å². The van der Waals surface area contributed by atoms with Crippen LogP contribution in [0.2, 0.25) is 0 Å². The number of hydrogen-bond donors (Lipinski definition) is 0. The van der Waals surface area contributed by atoms with Crippen molar-refractivity contribution in [2.24, 2.45) is 0 Å². The summed E-state index contributed by atoms with van der Waals surface area (Å²) in [6.45, 7) is -2.04. The van der Waals surface area contributed by atoms with Crippen LogP contribution in [0, 0.1) is 0 Å². The van der Waals surface area contributed by atoms with E-state index < -0.39 is 85.2 Å². The van der Waals surface area contributed by atoms with Crippen LogP contribution in [-0.2, 0) is 14.3 Å². The van der Waals surface area contributed by atoms with E-state index in [1.165, 1.54) is 0 Å². The zero-order valence-electron chi connectivity index (χ0n) is 17.4. The third kappa shape index (κ3) is 6.68. The highest BCUT2D eigenvalue weighted by atomic mass is 19.4. The van der Waals surface area contributed by atoms with Crippen LogP contribution in [0.15, 0.2) is 12.2 Å². The predicted molar refractivity (Wildman–Crippen MR) is 81.9 cm³/mol. The van der Waals surface area contributed by atoms with E-state index in [1.54, 1.807) is 0 Å². The lowest BCUT2D eigenvalue weighted by atomic mass is 9.98. The van der Waals surface area contributed by atoms with Crippen molar-refractivity contribution >= 4 is 5.97 Å². The van der Waals surface area contributed by atoms with E-state index in [2.05, 4.69) is 16.1 Å². The molecule has 0 heterocycles. The van der Waals surface area contributed by atoms with Crippen LogP contribution in [0.1, 0.15) is 13.3 Å². The molecule has 0 rings (SSSR count). The lowest BCUT2D eigenvalue weighted by Crippen LogP contribution is -2.62. The number of rotatable bonds is 12. The highest BCUT2D eigenvalue weighted by Gasteiger charge is 2.83. The molecule has 0 radical (unpaired) electrons. The quantitative estimate of drug-likeness (QED) is 0.142. The van der Waals surface area contributed by atoms with Gasteiger partial charge >= 0.3 is 53.9 Å². The van der Waals surface area contributed by atoms with Gasteiger partial charge in [-0.05, 0) is 6.92 Å². The van der Waals surface area contributed by atoms with E-state index >= 15 is 0 Å². The maximum Gasteiger partial charge on any atom is 0.460 e. The molecule has 0 fully saturated rings. The first-order chi connectivity index (χ1) is 15.9. The van der Waals surface area contributed by atoms with Gasteiger partial charge in [0, 0.05) is 5.57 Å². The molecule has 0 amide bonds. The second kappa shape index (κ2) is 10.2. The number of carbonyl (C=O) groups excluding carboxylic acids is 1. The molecule has 0 bridgehead atoms. The second-order valence-corrected chi connectivity index (χ2v) is 7.23. The molecule has 37 heavy (non-hydrogen) atoms. The van der Waals surface area contributed by atoms with E-state index in [9.17, 15) is 83.8 Å². The number of hydrogen-bond acceptors (Lipinski definition) is 3. The third-order valence-electron chi connectivity index (χ3n) is 4.11. The molecule has 0 aromatic rings. The third-order valence-corrected chi connectivity index (χ3v) is 4.11. The van der Waals surface area contributed by atoms with Crippen molar-refractivity contribution in [2.75, 3.05) is 13.2 Å². The summed E-state index contributed by atoms with van der Waals surface area (Å²) in [5, 5.41) is 0. The summed E-state index contributed by atoms with van der Waals surface area (Å²) in [7, 11) is 0. The van der Waals surface area contributed by atoms with Crippen LogP contribution in [0.25, 0.3) is 0 Å². The van der Waals surface area contributed by atoms with Gasteiger partial charge in [-0.25, -0.2) is 4.79 Å². The van der Waals surface area contributed by atoms with Gasteiger partial charge in [-0.2, -0.15) is 79.0 Å². The molecule has 0 aliphatic rings. The molecule has 0 aliphatic heterocycles. The number of esters is 1. The van der Waals surface area contributed by atoms with Crippen LogP contribution in [0.5, 0.6) is 0 Å². The zero-order valence-corrected chi connectivity index (χ0v) is 17.4. The minimum Gasteiger partial charge on any atom is -0.456 e. The zero-order chi connectivity index (χ0) is 30.3. The molecule has 3 nitrogen and oxygen atoms in total. The van der Waals surface area contributed by atoms with Crippen molar-refractivity contribution in [3.8, 4) is 0 Å². The van der Waals surface area contributed by atoms with Gasteiger partial charge in [-0.1, -0.05) is 6.58 Å². The van der Waals surface area contributed by atoms with Gasteiger partial charge in [0.1, 0.15) is 12.7 Å². The lowest BCUT2D eigenvalue weighted by Gasteiger charge is -2.35. The number of alkyl halides is 18. The lowest BCUT2D eigenvalue weighted by molar-refractivity contribution is -0.401. The van der Waals surface area contributed by atoms with Crippen LogP contribution in [0.4, 0.5) is 79.0 Å². The maximum atomic E-state index is 13.8. The minimum absolute atomic E-state index is 0.693. The largest absolute Gasteiger partial charge is 0.460 e. The van der Waals surface area contributed by atoms with Crippen molar-refractivity contribution in [1.29, 1.82) is 0 Å². The molecule has 0 aromatic carbocycles. The summed E-state index contributed by atoms with van der Waals surface area (Å²) in [4.78, 5) is 11.4. The summed E-state index contributed by atoms with van der Waals surface area (Å²) in [5.41, 5.74) is -0.831. The Morgan fingerprint density at radius 1 is 0.649 bits per heavy atom. The minimum atomic E-state index is -7.45. The molecular formula is C16H12F18O3. The van der Waals surface area contributed by atoms with Gasteiger partial charge in [-0.15, -0.1) is 0 Å². The smallest absolute Gasteiger partial charge is 0.456 e. The topological polar surface area (TPSA) is 35.5 Å². The maximum absolute atomic E-state index is 13.8. The SMILES string of the molecule is C=C(C)C(=O)OC(COCC(F)(F)C(F)(F)C(F)(F)C(F)(F)F)CC(F)(F)C(F)(F)C(F)(F)C(F)(F)F. The summed E-state index contributed by atoms with van der Waals surface area (Å²) in [6.07, 6.45) is -20.9. The Hall–Kier alpha value is -2.09. The van der Waals surface area contributed by atoms with Gasteiger partial charge in [0.15, 0.2) is 0 Å². The Bertz CT molecular complexity index is 826. The molecular weight excluding hydrogens is 582 g/mol. The second-order valence-electron chi connectivity index (χ2n) is 7.23. The van der Waals surface area contributed by atoms with Crippen LogP contribution < -0.4 is 0 Å². The average molecular weight is 594 g/mol. The first-order valence-corrected chi connectivity index (χ1v) is 8.75. The van der Waals surface area contributed by atoms with Crippen LogP contribution in [-0.4, -0.2) is 73.2 Å². The molecule has 0 saturated carbocycles. The Morgan fingerprint density at radius 3 is 1.32 bits per heavy atom. The number of ether oxygens (including phenoxy) is 2. The first kappa shape index (κ1) is 34.9. The Kier molecular flexibility index (Phi) is 9.65. The average Bonchev–Trinajstić information content (AvgIpc) is 2.64. The fourth-order valence-electron chi connectivity index (χ4n) is 2.03. The molecule has 1 atom stereocenters. The Balaban J connectivity index is 5.99. The van der Waals surface area contributed by atoms with Gasteiger partial charge in [-0.3, -0.25) is 0 Å². The van der Waals surface area contributed by atoms with Crippen molar-refractivity contribution in [3.05, 3.63) is 12.2 Å². The molecule has 1 unspecified atom stereocenters. The first-order valence-electron chi connectivity index (χ1n) is 8.75. The predicted octanol–water partition coefficient (Wildman–Crippen LogP) is 6.82. The molecule has 0 saturated heterocycles. The molecule has 0 aromatic heterocycles. The fraction of sp³-hybridized carbons (Fsp3) is 0.812. The standard InChI is InChI=1S/C16H12F18O3/c1-6(2)8(35)37-7(3-9(17,18)11(21,22)13(25,26)15(29,30)31)4-36-5-10(19,20)12(23,24)14(27,28)16(32,33)34/h7H,1,3-5H2,2H3. The van der Waals surface area contributed by atoms with Crippen molar-refractivity contribution in [1.82, 2.24) is 0 Å². The summed E-state index contributed by atoms with van der Waals surface area (Å²) < 4.78 is 239. The van der Waals surface area contributed by atoms with E-state index in [4.69, 9.17) is 0 Å². The summed E-state index contributed by atoms with van der Waals surface area (Å²) >= 11 is 0. The van der Waals surface area contributed by atoms with E-state index in [0.29, 0.717) is 6.92 Å². The van der Waals surface area contributed by atoms with Gasteiger partial charge < -0.3 is 9.47 Å². The van der Waals surface area contributed by atoms with Crippen molar-refractivity contribution < 1.29 is 93.3 Å². The van der Waals surface area contributed by atoms with E-state index in [-0.39, 0.29) is 0 Å². The number of carbonyl (C=O) groups is 1. The van der Waals surface area contributed by atoms with Crippen molar-refractivity contribution in [2.45, 2.75) is 67.3 Å². The summed E-state index contributed by atoms with van der Waals surface area (Å²) in [5.74, 6) is -44.4. The fourth-order valence-corrected chi connectivity index (χ4v) is 2.03. The molecule has 220 valence electrons. The highest BCUT2D eigenvalue weighted by molar-refractivity contribution is 5.87. The normalized spacial score (nSPS) is 16.0. The van der Waals surface area contributed by atoms with E-state index in [0.717, 1.165) is 0 Å². The molecule has 0 aliphatic carbocycles. The monoisotopic (exact) mass is 594 g/mol. The van der Waals surface area contributed by atoms with E-state index in [1.807, 2.05) is 0 Å². The van der Waals surface area contributed by atoms with Gasteiger partial charge in [0.25, 0.3) is 0 Å². The van der Waals surface area contributed by atoms with Crippen LogP contribution >= 0.6 is 0 Å². The van der Waals surface area contributed by atoms with Gasteiger partial charge in [0.05, 0.1) is 13.0 Å².